The molecule has 0 aromatic carbocycles. The molecule has 0 saturated carbocycles. The van der Waals surface area contributed by atoms with Crippen LogP contribution < -0.4 is 51.4 Å². The molecule has 0 radical (unpaired) electrons. The fourth-order valence-corrected chi connectivity index (χ4v) is 0.712. The number of hydrogen-bond acceptors (Lipinski definition) is 3. The van der Waals surface area contributed by atoms with Crippen molar-refractivity contribution in [3.05, 3.63) is 11.9 Å². The van der Waals surface area contributed by atoms with Gasteiger partial charge in [-0.2, -0.15) is 0 Å². The van der Waals surface area contributed by atoms with E-state index in [0.29, 0.717) is 4.68 Å². The summed E-state index contributed by atoms with van der Waals surface area (Å²) in [5.74, 6) is 0. The summed E-state index contributed by atoms with van der Waals surface area (Å²) in [4.78, 5) is 0. The number of aliphatic hydroxyl groups excluding tert-OH is 1. The Balaban J connectivity index is 0.00000144. The van der Waals surface area contributed by atoms with Crippen LogP contribution in [0.3, 0.4) is 0 Å². The fraction of sp³-hybridized carbons (Fsp3) is 0.500. The maximum absolute atomic E-state index is 11.8. The van der Waals surface area contributed by atoms with Gasteiger partial charge >= 0.3 is 58.4 Å². The average molecular weight is 219 g/mol. The van der Waals surface area contributed by atoms with Crippen LogP contribution in [0.5, 0.6) is 0 Å². The van der Waals surface area contributed by atoms with Gasteiger partial charge in [0.2, 0.25) is 0 Å². The molecule has 4 nitrogen and oxygen atoms in total. The Morgan fingerprint density at radius 2 is 2.08 bits per heavy atom. The largest absolute Gasteiger partial charge is 1.00 e. The summed E-state index contributed by atoms with van der Waals surface area (Å²) >= 11 is 0. The number of aliphatic hydroxyl groups is 1. The van der Waals surface area contributed by atoms with Crippen LogP contribution in [0.4, 0.5) is 12.9 Å². The molecule has 0 bridgehead atoms. The van der Waals surface area contributed by atoms with E-state index in [1.54, 1.807) is 0 Å². The average Bonchev–Trinajstić information content (AvgIpc) is 2.32. The molecule has 13 heavy (non-hydrogen) atoms. The molecule has 1 N–H and O–H groups in total. The van der Waals surface area contributed by atoms with Crippen LogP contribution in [-0.4, -0.2) is 27.1 Å². The van der Waals surface area contributed by atoms with Crippen molar-refractivity contribution < 1.29 is 69.4 Å². The first-order valence-electron chi connectivity index (χ1n) is 3.22. The van der Waals surface area contributed by atoms with Crippen LogP contribution in [0.2, 0.25) is 0 Å². The molecule has 0 aliphatic heterocycles. The third-order valence-electron chi connectivity index (χ3n) is 1.14. The molecular weight excluding hydrogens is 213 g/mol. The Hall–Kier alpha value is 0.591. The molecular formula is C4H6BF3KN3O. The van der Waals surface area contributed by atoms with Gasteiger partial charge in [-0.3, -0.25) is 4.68 Å². The van der Waals surface area contributed by atoms with Crippen LogP contribution >= 0.6 is 0 Å². The molecule has 0 unspecified atom stereocenters. The Morgan fingerprint density at radius 3 is 2.46 bits per heavy atom. The van der Waals surface area contributed by atoms with E-state index in [4.69, 9.17) is 5.11 Å². The van der Waals surface area contributed by atoms with Gasteiger partial charge in [0.1, 0.15) is 5.69 Å². The minimum Gasteiger partial charge on any atom is -0.448 e. The molecule has 0 aliphatic carbocycles. The number of halogens is 3. The first-order chi connectivity index (χ1) is 5.51. The smallest absolute Gasteiger partial charge is 0.448 e. The van der Waals surface area contributed by atoms with Gasteiger partial charge in [-0.05, 0) is 0 Å². The van der Waals surface area contributed by atoms with Gasteiger partial charge in [0.05, 0.1) is 6.61 Å². The number of rotatable bonds is 3. The van der Waals surface area contributed by atoms with Crippen LogP contribution in [0.15, 0.2) is 6.20 Å². The van der Waals surface area contributed by atoms with E-state index in [1.807, 2.05) is 0 Å². The molecule has 9 heteroatoms. The second-order valence-electron chi connectivity index (χ2n) is 2.30. The summed E-state index contributed by atoms with van der Waals surface area (Å²) in [5, 5.41) is 14.9. The zero-order valence-electron chi connectivity index (χ0n) is 6.99. The van der Waals surface area contributed by atoms with Gasteiger partial charge in [-0.15, -0.1) is 5.10 Å². The van der Waals surface area contributed by atoms with Gasteiger partial charge < -0.3 is 18.1 Å². The predicted octanol–water partition coefficient (Wildman–Crippen LogP) is -2.84. The van der Waals surface area contributed by atoms with Crippen molar-refractivity contribution in [1.29, 1.82) is 0 Å². The summed E-state index contributed by atoms with van der Waals surface area (Å²) < 4.78 is 36.0. The van der Waals surface area contributed by atoms with Crippen molar-refractivity contribution in [3.8, 4) is 0 Å². The molecule has 0 saturated heterocycles. The van der Waals surface area contributed by atoms with E-state index in [9.17, 15) is 12.9 Å². The third-order valence-corrected chi connectivity index (χ3v) is 1.14. The summed E-state index contributed by atoms with van der Waals surface area (Å²) in [6.45, 7) is -5.29. The van der Waals surface area contributed by atoms with Crippen molar-refractivity contribution >= 4 is 6.98 Å². The molecule has 1 rings (SSSR count). The van der Waals surface area contributed by atoms with Crippen molar-refractivity contribution in [3.63, 3.8) is 0 Å². The van der Waals surface area contributed by atoms with Crippen LogP contribution in [0, 0.1) is 0 Å². The monoisotopic (exact) mass is 219 g/mol. The summed E-state index contributed by atoms with van der Waals surface area (Å²) in [7, 11) is 0. The topological polar surface area (TPSA) is 50.9 Å². The first-order valence-corrected chi connectivity index (χ1v) is 3.22. The first kappa shape index (κ1) is 13.6. The van der Waals surface area contributed by atoms with Crippen LogP contribution in [0.1, 0.15) is 5.69 Å². The maximum atomic E-state index is 11.8. The Labute approximate surface area is 115 Å². The van der Waals surface area contributed by atoms with Crippen molar-refractivity contribution in [1.82, 2.24) is 15.0 Å². The fourth-order valence-electron chi connectivity index (χ4n) is 0.712. The van der Waals surface area contributed by atoms with Crippen molar-refractivity contribution in [2.75, 3.05) is 0 Å². The molecule has 0 aliphatic rings. The normalized spacial score (nSPS) is 11.1. The molecule has 1 aromatic heterocycles. The molecule has 1 heterocycles. The number of nitrogens with zero attached hydrogens (tertiary/aromatic N) is 3. The molecule has 0 fully saturated rings. The SMILES string of the molecule is OCc1cn(C[B-](F)(F)F)nn1.[K+]. The van der Waals surface area contributed by atoms with E-state index < -0.39 is 20.0 Å². The Kier molecular flexibility index (Phi) is 5.72. The quantitative estimate of drug-likeness (QED) is 0.557. The van der Waals surface area contributed by atoms with Gasteiger partial charge in [0.15, 0.2) is 0 Å². The predicted molar refractivity (Wildman–Crippen MR) is 35.0 cm³/mol. The molecule has 0 amide bonds. The van der Waals surface area contributed by atoms with E-state index in [1.165, 1.54) is 0 Å². The van der Waals surface area contributed by atoms with Gasteiger partial charge in [0, 0.05) is 12.6 Å². The van der Waals surface area contributed by atoms with Crippen LogP contribution in [-0.2, 0) is 13.1 Å². The Bertz CT molecular complexity index is 265. The number of hydrogen-bond donors (Lipinski definition) is 1. The number of aromatic nitrogens is 3. The Morgan fingerprint density at radius 1 is 1.46 bits per heavy atom. The van der Waals surface area contributed by atoms with E-state index in [0.717, 1.165) is 6.20 Å². The molecule has 68 valence electrons. The van der Waals surface area contributed by atoms with Crippen molar-refractivity contribution in [2.45, 2.75) is 13.1 Å². The maximum Gasteiger partial charge on any atom is 1.00 e. The minimum atomic E-state index is -4.90. The standard InChI is InChI=1S/C4H6BF3N3O.K/c6-5(7,8)3-11-1-4(2-12)9-10-11;/h1,12H,2-3H2;/q-1;+1. The minimum absolute atomic E-state index is 0. The summed E-state index contributed by atoms with van der Waals surface area (Å²) in [6, 6.07) is 0. The van der Waals surface area contributed by atoms with Gasteiger partial charge in [-0.25, -0.2) is 0 Å². The second-order valence-corrected chi connectivity index (χ2v) is 2.30. The zero-order valence-corrected chi connectivity index (χ0v) is 10.1. The second kappa shape index (κ2) is 5.47. The van der Waals surface area contributed by atoms with Crippen LogP contribution in [0.25, 0.3) is 0 Å². The zero-order chi connectivity index (χ0) is 9.19. The summed E-state index contributed by atoms with van der Waals surface area (Å²) in [5.41, 5.74) is 0.134. The molecule has 0 spiro atoms. The van der Waals surface area contributed by atoms with Gasteiger partial charge in [-0.1, -0.05) is 5.21 Å². The summed E-state index contributed by atoms with van der Waals surface area (Å²) in [6.07, 6.45) is -0.0533. The van der Waals surface area contributed by atoms with E-state index >= 15 is 0 Å². The van der Waals surface area contributed by atoms with Crippen molar-refractivity contribution in [2.24, 2.45) is 0 Å². The molecule has 0 atom stereocenters. The van der Waals surface area contributed by atoms with Gasteiger partial charge in [0.25, 0.3) is 0 Å². The molecule has 1 aromatic rings. The third kappa shape index (κ3) is 5.13. The van der Waals surface area contributed by atoms with E-state index in [2.05, 4.69) is 10.3 Å². The van der Waals surface area contributed by atoms with E-state index in [-0.39, 0.29) is 57.1 Å².